The van der Waals surface area contributed by atoms with Crippen molar-refractivity contribution in [3.63, 3.8) is 0 Å². The summed E-state index contributed by atoms with van der Waals surface area (Å²) in [6.07, 6.45) is 0.665. The Morgan fingerprint density at radius 3 is 2.65 bits per heavy atom. The molecule has 0 aliphatic rings. The van der Waals surface area contributed by atoms with Crippen LogP contribution in [0.5, 0.6) is 0 Å². The van der Waals surface area contributed by atoms with E-state index >= 15 is 0 Å². The monoisotopic (exact) mass is 361 g/mol. The van der Waals surface area contributed by atoms with Crippen LogP contribution in [0.25, 0.3) is 11.0 Å². The predicted octanol–water partition coefficient (Wildman–Crippen LogP) is 3.51. The quantitative estimate of drug-likeness (QED) is 0.655. The summed E-state index contributed by atoms with van der Waals surface area (Å²) in [5.74, 6) is -1.56. The Balaban J connectivity index is 2.12. The fourth-order valence-corrected chi connectivity index (χ4v) is 2.81. The number of carbonyl (C=O) groups is 2. The lowest BCUT2D eigenvalue weighted by Crippen LogP contribution is -2.40. The largest absolute Gasteiger partial charge is 0.481 e. The highest BCUT2D eigenvalue weighted by molar-refractivity contribution is 5.86. The molecule has 1 aromatic heterocycles. The molecule has 0 spiro atoms. The molecule has 2 unspecified atom stereocenters. The number of hydrogen-bond acceptors (Lipinski definition) is 4. The molecule has 0 radical (unpaired) electrons. The highest BCUT2D eigenvalue weighted by Gasteiger charge is 2.27. The Hall–Kier alpha value is -2.34. The number of hydrogen-bond donors (Lipinski definition) is 1. The maximum absolute atomic E-state index is 13.0. The molecule has 1 aromatic carbocycles. The zero-order chi connectivity index (χ0) is 19.1. The van der Waals surface area contributed by atoms with Gasteiger partial charge in [-0.05, 0) is 32.4 Å². The van der Waals surface area contributed by atoms with E-state index in [0.717, 1.165) is 11.0 Å². The van der Waals surface area contributed by atoms with Gasteiger partial charge in [0.1, 0.15) is 11.3 Å². The van der Waals surface area contributed by atoms with E-state index in [9.17, 15) is 14.7 Å². The molecule has 0 fully saturated rings. The number of aliphatic carboxylic acids is 1. The molecule has 0 bridgehead atoms. The van der Waals surface area contributed by atoms with Gasteiger partial charge in [0.25, 0.3) is 0 Å². The minimum Gasteiger partial charge on any atom is -0.481 e. The summed E-state index contributed by atoms with van der Waals surface area (Å²) in [5, 5.41) is 10.1. The van der Waals surface area contributed by atoms with Crippen LogP contribution in [0, 0.1) is 5.92 Å². The summed E-state index contributed by atoms with van der Waals surface area (Å²) in [6, 6.07) is 9.48. The average Bonchev–Trinajstić information content (AvgIpc) is 3.06. The van der Waals surface area contributed by atoms with E-state index in [-0.39, 0.29) is 12.5 Å². The first-order chi connectivity index (χ1) is 12.4. The summed E-state index contributed by atoms with van der Waals surface area (Å²) in [4.78, 5) is 25.8. The Morgan fingerprint density at radius 1 is 1.27 bits per heavy atom. The number of carboxylic acids is 1. The molecule has 0 aliphatic heterocycles. The summed E-state index contributed by atoms with van der Waals surface area (Å²) in [5.41, 5.74) is 0.740. The van der Waals surface area contributed by atoms with Crippen molar-refractivity contribution < 1.29 is 23.8 Å². The van der Waals surface area contributed by atoms with E-state index in [0.29, 0.717) is 31.9 Å². The van der Waals surface area contributed by atoms with E-state index in [4.69, 9.17) is 9.15 Å². The van der Waals surface area contributed by atoms with Crippen LogP contribution in [0.2, 0.25) is 0 Å². The van der Waals surface area contributed by atoms with Gasteiger partial charge in [0.15, 0.2) is 0 Å². The number of rotatable bonds is 10. The molecule has 6 nitrogen and oxygen atoms in total. The van der Waals surface area contributed by atoms with Gasteiger partial charge in [0, 0.05) is 31.7 Å². The third-order valence-electron chi connectivity index (χ3n) is 4.39. The lowest BCUT2D eigenvalue weighted by molar-refractivity contribution is -0.143. The van der Waals surface area contributed by atoms with Crippen LogP contribution in [-0.4, -0.2) is 48.2 Å². The molecule has 2 rings (SSSR count). The molecule has 0 saturated carbocycles. The van der Waals surface area contributed by atoms with Crippen molar-refractivity contribution in [3.05, 3.63) is 36.1 Å². The topological polar surface area (TPSA) is 80.0 Å². The summed E-state index contributed by atoms with van der Waals surface area (Å²) >= 11 is 0. The minimum absolute atomic E-state index is 0.131. The number of carboxylic acid groups (broad SMARTS) is 1. The van der Waals surface area contributed by atoms with E-state index in [1.807, 2.05) is 37.3 Å². The molecule has 2 atom stereocenters. The van der Waals surface area contributed by atoms with Crippen LogP contribution in [0.4, 0.5) is 0 Å². The zero-order valence-corrected chi connectivity index (χ0v) is 15.6. The Bertz CT molecular complexity index is 706. The highest BCUT2D eigenvalue weighted by atomic mass is 16.5. The first-order valence-electron chi connectivity index (χ1n) is 9.01. The molecule has 142 valence electrons. The molecule has 6 heteroatoms. The van der Waals surface area contributed by atoms with Crippen molar-refractivity contribution in [2.45, 2.75) is 33.1 Å². The summed E-state index contributed by atoms with van der Waals surface area (Å²) in [7, 11) is 0. The van der Waals surface area contributed by atoms with Gasteiger partial charge in [-0.2, -0.15) is 0 Å². The van der Waals surface area contributed by atoms with Gasteiger partial charge in [0.2, 0.25) is 5.91 Å². The average molecular weight is 361 g/mol. The van der Waals surface area contributed by atoms with Gasteiger partial charge in [0.05, 0.1) is 11.8 Å². The Kier molecular flexibility index (Phi) is 7.21. The van der Waals surface area contributed by atoms with Crippen LogP contribution in [-0.2, 0) is 14.3 Å². The number of carbonyl (C=O) groups excluding carboxylic acids is 1. The standard InChI is InChI=1S/C20H27NO5/c1-4-25-11-7-10-21(13-14(2)20(23)24)19(22)15(3)18-12-16-8-5-6-9-17(16)26-18/h5-6,8-9,12,14-15H,4,7,10-11,13H2,1-3H3,(H,23,24). The van der Waals surface area contributed by atoms with Crippen molar-refractivity contribution in [2.24, 2.45) is 5.92 Å². The zero-order valence-electron chi connectivity index (χ0n) is 15.6. The number of benzene rings is 1. The molecule has 1 N–H and O–H groups in total. The van der Waals surface area contributed by atoms with E-state index in [1.54, 1.807) is 18.7 Å². The van der Waals surface area contributed by atoms with E-state index < -0.39 is 17.8 Å². The van der Waals surface area contributed by atoms with Crippen LogP contribution in [0.15, 0.2) is 34.7 Å². The number of nitrogens with zero attached hydrogens (tertiary/aromatic N) is 1. The van der Waals surface area contributed by atoms with Gasteiger partial charge >= 0.3 is 5.97 Å². The number of furan rings is 1. The Morgan fingerprint density at radius 2 is 2.00 bits per heavy atom. The maximum Gasteiger partial charge on any atom is 0.308 e. The van der Waals surface area contributed by atoms with Crippen molar-refractivity contribution in [3.8, 4) is 0 Å². The summed E-state index contributed by atoms with van der Waals surface area (Å²) in [6.45, 7) is 7.11. The van der Waals surface area contributed by atoms with Crippen molar-refractivity contribution in [1.82, 2.24) is 4.90 Å². The third kappa shape index (κ3) is 5.08. The van der Waals surface area contributed by atoms with Gasteiger partial charge in [-0.25, -0.2) is 0 Å². The molecular weight excluding hydrogens is 334 g/mol. The van der Waals surface area contributed by atoms with Gasteiger partial charge in [-0.15, -0.1) is 0 Å². The van der Waals surface area contributed by atoms with Crippen molar-refractivity contribution >= 4 is 22.8 Å². The van der Waals surface area contributed by atoms with Crippen LogP contribution in [0.3, 0.4) is 0 Å². The van der Waals surface area contributed by atoms with Crippen LogP contribution < -0.4 is 0 Å². The molecule has 1 amide bonds. The minimum atomic E-state index is -0.913. The van der Waals surface area contributed by atoms with Gasteiger partial charge < -0.3 is 19.2 Å². The number of fused-ring (bicyclic) bond motifs is 1. The predicted molar refractivity (Wildman–Crippen MR) is 99.1 cm³/mol. The number of ether oxygens (including phenoxy) is 1. The second-order valence-electron chi connectivity index (χ2n) is 6.48. The fraction of sp³-hybridized carbons (Fsp3) is 0.500. The number of amides is 1. The molecule has 0 saturated heterocycles. The number of para-hydroxylation sites is 1. The molecule has 1 heterocycles. The van der Waals surface area contributed by atoms with Crippen molar-refractivity contribution in [2.75, 3.05) is 26.3 Å². The molecule has 0 aliphatic carbocycles. The summed E-state index contributed by atoms with van der Waals surface area (Å²) < 4.78 is 11.1. The second kappa shape index (κ2) is 9.38. The molecular formula is C20H27NO5. The first kappa shape index (κ1) is 20.0. The van der Waals surface area contributed by atoms with Gasteiger partial charge in [-0.3, -0.25) is 9.59 Å². The second-order valence-corrected chi connectivity index (χ2v) is 6.48. The lowest BCUT2D eigenvalue weighted by Gasteiger charge is -2.26. The molecule has 26 heavy (non-hydrogen) atoms. The van der Waals surface area contributed by atoms with Crippen molar-refractivity contribution in [1.29, 1.82) is 0 Å². The fourth-order valence-electron chi connectivity index (χ4n) is 2.81. The van der Waals surface area contributed by atoms with Gasteiger partial charge in [-0.1, -0.05) is 25.1 Å². The van der Waals surface area contributed by atoms with Crippen LogP contribution >= 0.6 is 0 Å². The van der Waals surface area contributed by atoms with E-state index in [2.05, 4.69) is 0 Å². The normalized spacial score (nSPS) is 13.5. The molecule has 2 aromatic rings. The first-order valence-corrected chi connectivity index (χ1v) is 9.01. The van der Waals surface area contributed by atoms with Crippen LogP contribution in [0.1, 0.15) is 38.9 Å². The van der Waals surface area contributed by atoms with E-state index in [1.165, 1.54) is 0 Å². The Labute approximate surface area is 153 Å². The SMILES string of the molecule is CCOCCCN(CC(C)C(=O)O)C(=O)C(C)c1cc2ccccc2o1. The third-order valence-corrected chi connectivity index (χ3v) is 4.39. The smallest absolute Gasteiger partial charge is 0.308 e. The lowest BCUT2D eigenvalue weighted by atomic mass is 10.0. The highest BCUT2D eigenvalue weighted by Crippen LogP contribution is 2.26. The maximum atomic E-state index is 13.0.